The van der Waals surface area contributed by atoms with Gasteiger partial charge in [-0.25, -0.2) is 9.78 Å². The van der Waals surface area contributed by atoms with Crippen LogP contribution in [0.15, 0.2) is 50.7 Å². The van der Waals surface area contributed by atoms with Crippen LogP contribution in [0.2, 0.25) is 0 Å². The molecule has 1 saturated heterocycles. The third kappa shape index (κ3) is 3.56. The Balaban J connectivity index is 1.30. The molecule has 0 aliphatic carbocycles. The molecule has 4 aromatic rings. The summed E-state index contributed by atoms with van der Waals surface area (Å²) in [6.45, 7) is 0.132. The second kappa shape index (κ2) is 8.10. The van der Waals surface area contributed by atoms with Gasteiger partial charge >= 0.3 is 11.7 Å². The van der Waals surface area contributed by atoms with Gasteiger partial charge in [-0.1, -0.05) is 23.3 Å². The molecule has 5 rings (SSSR count). The molecule has 1 atom stereocenters. The zero-order valence-corrected chi connectivity index (χ0v) is 18.3. The lowest BCUT2D eigenvalue weighted by molar-refractivity contribution is -0.117. The van der Waals surface area contributed by atoms with Crippen molar-refractivity contribution in [1.29, 1.82) is 0 Å². The highest BCUT2D eigenvalue weighted by atomic mass is 16.4. The van der Waals surface area contributed by atoms with Crippen LogP contribution in [0.3, 0.4) is 0 Å². The van der Waals surface area contributed by atoms with Crippen molar-refractivity contribution in [1.82, 2.24) is 28.9 Å². The van der Waals surface area contributed by atoms with Crippen LogP contribution in [0.25, 0.3) is 11.2 Å². The zero-order valence-electron chi connectivity index (χ0n) is 18.3. The molecule has 0 saturated carbocycles. The summed E-state index contributed by atoms with van der Waals surface area (Å²) in [4.78, 5) is 55.3. The number of carbonyl (C=O) groups excluding carboxylic acids is 2. The van der Waals surface area contributed by atoms with Gasteiger partial charge in [-0.2, -0.15) is 0 Å². The third-order valence-corrected chi connectivity index (χ3v) is 5.76. The summed E-state index contributed by atoms with van der Waals surface area (Å²) in [5.41, 5.74) is 0.0182. The van der Waals surface area contributed by atoms with Crippen LogP contribution in [-0.2, 0) is 30.2 Å². The SMILES string of the molecule is Cn1c(=O)c2c(ncn2CC(=O)Nc2nnc([C@@H]3CC(=O)N(c4ccccc4)C3)o2)n(C)c1=O. The number of carbonyl (C=O) groups is 2. The van der Waals surface area contributed by atoms with Gasteiger partial charge in [-0.15, -0.1) is 5.10 Å². The Morgan fingerprint density at radius 3 is 2.65 bits per heavy atom. The predicted octanol–water partition coefficient (Wildman–Crippen LogP) is -0.0241. The topological polar surface area (TPSA) is 150 Å². The fraction of sp³-hybridized carbons (Fsp3) is 0.286. The first-order chi connectivity index (χ1) is 16.3. The van der Waals surface area contributed by atoms with Crippen LogP contribution in [0.4, 0.5) is 11.7 Å². The molecule has 13 heteroatoms. The average molecular weight is 464 g/mol. The molecule has 4 heterocycles. The molecule has 1 N–H and O–H groups in total. The van der Waals surface area contributed by atoms with Crippen molar-refractivity contribution >= 4 is 34.7 Å². The van der Waals surface area contributed by atoms with E-state index in [1.54, 1.807) is 4.90 Å². The van der Waals surface area contributed by atoms with Crippen LogP contribution >= 0.6 is 0 Å². The highest BCUT2D eigenvalue weighted by Crippen LogP contribution is 2.31. The molecule has 0 radical (unpaired) electrons. The van der Waals surface area contributed by atoms with E-state index in [1.165, 1.54) is 29.6 Å². The first-order valence-electron chi connectivity index (χ1n) is 10.4. The number of amides is 2. The summed E-state index contributed by atoms with van der Waals surface area (Å²) in [5, 5.41) is 10.3. The van der Waals surface area contributed by atoms with E-state index >= 15 is 0 Å². The minimum Gasteiger partial charge on any atom is -0.407 e. The Morgan fingerprint density at radius 2 is 1.88 bits per heavy atom. The van der Waals surface area contributed by atoms with Crippen molar-refractivity contribution in [3.63, 3.8) is 0 Å². The van der Waals surface area contributed by atoms with Crippen LogP contribution < -0.4 is 21.5 Å². The van der Waals surface area contributed by atoms with Gasteiger partial charge in [-0.3, -0.25) is 28.8 Å². The maximum absolute atomic E-state index is 12.6. The van der Waals surface area contributed by atoms with Crippen LogP contribution in [0.1, 0.15) is 18.2 Å². The van der Waals surface area contributed by atoms with E-state index in [-0.39, 0.29) is 47.9 Å². The second-order valence-electron chi connectivity index (χ2n) is 7.99. The molecule has 2 amide bonds. The van der Waals surface area contributed by atoms with Gasteiger partial charge in [0.2, 0.25) is 17.7 Å². The van der Waals surface area contributed by atoms with Crippen molar-refractivity contribution in [3.8, 4) is 0 Å². The number of aryl methyl sites for hydroxylation is 1. The number of nitrogens with zero attached hydrogens (tertiary/aromatic N) is 7. The van der Waals surface area contributed by atoms with Gasteiger partial charge in [0, 0.05) is 32.7 Å². The van der Waals surface area contributed by atoms with Crippen molar-refractivity contribution in [2.45, 2.75) is 18.9 Å². The number of anilines is 2. The second-order valence-corrected chi connectivity index (χ2v) is 7.99. The van der Waals surface area contributed by atoms with E-state index in [2.05, 4.69) is 20.5 Å². The average Bonchev–Trinajstić information content (AvgIpc) is 3.55. The Kier molecular flexibility index (Phi) is 5.07. The number of para-hydroxylation sites is 1. The number of benzene rings is 1. The van der Waals surface area contributed by atoms with Gasteiger partial charge in [0.15, 0.2) is 11.2 Å². The third-order valence-electron chi connectivity index (χ3n) is 5.76. The fourth-order valence-electron chi connectivity index (χ4n) is 4.01. The number of rotatable bonds is 5. The summed E-state index contributed by atoms with van der Waals surface area (Å²) >= 11 is 0. The van der Waals surface area contributed by atoms with Crippen molar-refractivity contribution < 1.29 is 14.0 Å². The summed E-state index contributed by atoms with van der Waals surface area (Å²) in [7, 11) is 2.85. The molecule has 0 bridgehead atoms. The molecular formula is C21H20N8O5. The number of fused-ring (bicyclic) bond motifs is 1. The van der Waals surface area contributed by atoms with Crippen molar-refractivity contribution in [2.24, 2.45) is 14.1 Å². The number of nitrogens with one attached hydrogen (secondary N) is 1. The molecule has 0 spiro atoms. The Bertz CT molecular complexity index is 1530. The Hall–Kier alpha value is -4.55. The summed E-state index contributed by atoms with van der Waals surface area (Å²) < 4.78 is 9.11. The number of imidazole rings is 1. The van der Waals surface area contributed by atoms with E-state index in [0.717, 1.165) is 10.3 Å². The normalized spacial score (nSPS) is 15.9. The highest BCUT2D eigenvalue weighted by Gasteiger charge is 2.35. The summed E-state index contributed by atoms with van der Waals surface area (Å²) in [5.74, 6) is -0.631. The molecular weight excluding hydrogens is 444 g/mol. The van der Waals surface area contributed by atoms with Gasteiger partial charge in [0.05, 0.1) is 12.2 Å². The zero-order chi connectivity index (χ0) is 24.0. The number of aromatic nitrogens is 6. The minimum atomic E-state index is -0.558. The maximum atomic E-state index is 12.6. The molecule has 0 unspecified atom stereocenters. The maximum Gasteiger partial charge on any atom is 0.332 e. The van der Waals surface area contributed by atoms with Crippen LogP contribution in [-0.4, -0.2) is 47.2 Å². The molecule has 174 valence electrons. The van der Waals surface area contributed by atoms with E-state index in [4.69, 9.17) is 4.42 Å². The monoisotopic (exact) mass is 464 g/mol. The molecule has 34 heavy (non-hydrogen) atoms. The van der Waals surface area contributed by atoms with Gasteiger partial charge in [0.1, 0.15) is 6.54 Å². The summed E-state index contributed by atoms with van der Waals surface area (Å²) in [6.07, 6.45) is 1.53. The molecule has 1 aliphatic rings. The first kappa shape index (κ1) is 21.3. The van der Waals surface area contributed by atoms with Gasteiger partial charge < -0.3 is 13.9 Å². The predicted molar refractivity (Wildman–Crippen MR) is 119 cm³/mol. The Morgan fingerprint density at radius 1 is 1.12 bits per heavy atom. The standard InChI is InChI=1S/C21H20N8O5/c1-26-17-16(19(32)27(2)21(26)33)28(11-22-17)10-14(30)23-20-25-24-18(34-20)12-8-15(31)29(9-12)13-6-4-3-5-7-13/h3-7,11-12H,8-10H2,1-2H3,(H,23,25,30)/t12-/m1/s1. The quantitative estimate of drug-likeness (QED) is 0.433. The van der Waals surface area contributed by atoms with E-state index in [9.17, 15) is 19.2 Å². The fourth-order valence-corrected chi connectivity index (χ4v) is 4.01. The van der Waals surface area contributed by atoms with Gasteiger partial charge in [0.25, 0.3) is 5.56 Å². The van der Waals surface area contributed by atoms with Crippen molar-refractivity contribution in [3.05, 3.63) is 63.4 Å². The highest BCUT2D eigenvalue weighted by molar-refractivity contribution is 5.96. The van der Waals surface area contributed by atoms with Crippen LogP contribution in [0.5, 0.6) is 0 Å². The lowest BCUT2D eigenvalue weighted by Crippen LogP contribution is -2.37. The molecule has 1 aromatic carbocycles. The minimum absolute atomic E-state index is 0.0528. The lowest BCUT2D eigenvalue weighted by Gasteiger charge is -2.15. The van der Waals surface area contributed by atoms with Crippen LogP contribution in [0, 0.1) is 0 Å². The van der Waals surface area contributed by atoms with E-state index in [0.29, 0.717) is 6.54 Å². The molecule has 1 aliphatic heterocycles. The largest absolute Gasteiger partial charge is 0.407 e. The van der Waals surface area contributed by atoms with E-state index in [1.807, 2.05) is 30.3 Å². The lowest BCUT2D eigenvalue weighted by atomic mass is 10.1. The first-order valence-corrected chi connectivity index (χ1v) is 10.4. The number of hydrogen-bond acceptors (Lipinski definition) is 8. The molecule has 3 aromatic heterocycles. The van der Waals surface area contributed by atoms with E-state index < -0.39 is 17.2 Å². The summed E-state index contributed by atoms with van der Waals surface area (Å²) in [6, 6.07) is 9.18. The van der Waals surface area contributed by atoms with Gasteiger partial charge in [-0.05, 0) is 12.1 Å². The smallest absolute Gasteiger partial charge is 0.332 e. The molecule has 1 fully saturated rings. The Labute approximate surface area is 191 Å². The van der Waals surface area contributed by atoms with Crippen molar-refractivity contribution in [2.75, 3.05) is 16.8 Å². The molecule has 13 nitrogen and oxygen atoms in total. The number of hydrogen-bond donors (Lipinski definition) is 1.